The first-order valence-corrected chi connectivity index (χ1v) is 8.04. The average Bonchev–Trinajstić information content (AvgIpc) is 2.45. The van der Waals surface area contributed by atoms with Crippen LogP contribution in [0.3, 0.4) is 0 Å². The zero-order valence-electron chi connectivity index (χ0n) is 11.4. The molecular formula is C13H18N4O2S. The van der Waals surface area contributed by atoms with Crippen LogP contribution in [0.15, 0.2) is 23.2 Å². The molecule has 0 bridgehead atoms. The summed E-state index contributed by atoms with van der Waals surface area (Å²) in [5.41, 5.74) is 0.206. The maximum absolute atomic E-state index is 12.1. The number of rotatable bonds is 4. The number of hydrogen-bond donors (Lipinski definition) is 1. The van der Waals surface area contributed by atoms with Crippen molar-refractivity contribution in [2.75, 3.05) is 26.7 Å². The second-order valence-electron chi connectivity index (χ2n) is 5.11. The molecule has 2 heterocycles. The first kappa shape index (κ1) is 14.9. The third-order valence-corrected chi connectivity index (χ3v) is 4.85. The highest BCUT2D eigenvalue weighted by atomic mass is 32.2. The molecule has 1 unspecified atom stereocenters. The van der Waals surface area contributed by atoms with Gasteiger partial charge in [0.15, 0.2) is 0 Å². The third kappa shape index (κ3) is 3.76. The van der Waals surface area contributed by atoms with Crippen LogP contribution in [0.25, 0.3) is 0 Å². The molecule has 20 heavy (non-hydrogen) atoms. The molecule has 0 aromatic carbocycles. The Hall–Kier alpha value is -1.49. The molecule has 1 saturated heterocycles. The number of aromatic nitrogens is 1. The summed E-state index contributed by atoms with van der Waals surface area (Å²) in [6.07, 6.45) is 3.35. The lowest BCUT2D eigenvalue weighted by Crippen LogP contribution is -2.39. The molecule has 0 saturated carbocycles. The molecule has 108 valence electrons. The van der Waals surface area contributed by atoms with Crippen molar-refractivity contribution >= 4 is 10.0 Å². The normalized spacial score (nSPS) is 20.5. The molecule has 7 heteroatoms. The van der Waals surface area contributed by atoms with Crippen LogP contribution in [0.5, 0.6) is 0 Å². The summed E-state index contributed by atoms with van der Waals surface area (Å²) in [5, 5.41) is 8.65. The van der Waals surface area contributed by atoms with Crippen molar-refractivity contribution in [2.24, 2.45) is 5.92 Å². The van der Waals surface area contributed by atoms with E-state index < -0.39 is 10.0 Å². The molecule has 1 N–H and O–H groups in total. The van der Waals surface area contributed by atoms with Crippen molar-refractivity contribution in [3.63, 3.8) is 0 Å². The van der Waals surface area contributed by atoms with Crippen molar-refractivity contribution in [3.05, 3.63) is 24.0 Å². The number of nitrogens with zero attached hydrogens (tertiary/aromatic N) is 3. The van der Waals surface area contributed by atoms with Crippen LogP contribution in [0, 0.1) is 17.2 Å². The number of piperidine rings is 1. The van der Waals surface area contributed by atoms with E-state index in [1.54, 1.807) is 0 Å². The van der Waals surface area contributed by atoms with Crippen LogP contribution in [-0.2, 0) is 10.0 Å². The SMILES string of the molecule is CN1CCCC(CNS(=O)(=O)c2ccc(C#N)nc2)C1. The minimum absolute atomic E-state index is 0.0978. The van der Waals surface area contributed by atoms with Gasteiger partial charge >= 0.3 is 0 Å². The second kappa shape index (κ2) is 6.31. The summed E-state index contributed by atoms with van der Waals surface area (Å²) >= 11 is 0. The van der Waals surface area contributed by atoms with Gasteiger partial charge in [-0.1, -0.05) is 0 Å². The zero-order chi connectivity index (χ0) is 14.6. The first-order chi connectivity index (χ1) is 9.51. The molecule has 1 aliphatic rings. The molecule has 1 fully saturated rings. The lowest BCUT2D eigenvalue weighted by molar-refractivity contribution is 0.211. The molecular weight excluding hydrogens is 276 g/mol. The minimum Gasteiger partial charge on any atom is -0.306 e. The van der Waals surface area contributed by atoms with E-state index in [4.69, 9.17) is 5.26 Å². The number of sulfonamides is 1. The van der Waals surface area contributed by atoms with E-state index in [0.717, 1.165) is 25.9 Å². The summed E-state index contributed by atoms with van der Waals surface area (Å²) in [4.78, 5) is 6.09. The maximum Gasteiger partial charge on any atom is 0.242 e. The van der Waals surface area contributed by atoms with Crippen LogP contribution < -0.4 is 4.72 Å². The van der Waals surface area contributed by atoms with E-state index >= 15 is 0 Å². The molecule has 0 radical (unpaired) electrons. The van der Waals surface area contributed by atoms with Gasteiger partial charge in [-0.2, -0.15) is 5.26 Å². The Balaban J connectivity index is 1.98. The number of nitrogens with one attached hydrogen (secondary N) is 1. The summed E-state index contributed by atoms with van der Waals surface area (Å²) in [7, 11) is -1.50. The fourth-order valence-corrected chi connectivity index (χ4v) is 3.42. The highest BCUT2D eigenvalue weighted by molar-refractivity contribution is 7.89. The van der Waals surface area contributed by atoms with E-state index in [2.05, 4.69) is 14.6 Å². The van der Waals surface area contributed by atoms with Gasteiger partial charge in [0.2, 0.25) is 10.0 Å². The Labute approximate surface area is 119 Å². The third-order valence-electron chi connectivity index (χ3n) is 3.45. The van der Waals surface area contributed by atoms with Crippen LogP contribution in [0.2, 0.25) is 0 Å². The molecule has 1 aromatic heterocycles. The number of likely N-dealkylation sites (tertiary alicyclic amines) is 1. The second-order valence-corrected chi connectivity index (χ2v) is 6.88. The fraction of sp³-hybridized carbons (Fsp3) is 0.538. The zero-order valence-corrected chi connectivity index (χ0v) is 12.2. The molecule has 1 atom stereocenters. The molecule has 2 rings (SSSR count). The Bertz CT molecular complexity index is 592. The minimum atomic E-state index is -3.54. The van der Waals surface area contributed by atoms with E-state index in [-0.39, 0.29) is 10.6 Å². The predicted octanol–water partition coefficient (Wildman–Crippen LogP) is 0.573. The summed E-state index contributed by atoms with van der Waals surface area (Å²) < 4.78 is 26.8. The topological polar surface area (TPSA) is 86.1 Å². The molecule has 1 aliphatic heterocycles. The number of pyridine rings is 1. The van der Waals surface area contributed by atoms with Crippen molar-refractivity contribution < 1.29 is 8.42 Å². The Morgan fingerprint density at radius 1 is 1.55 bits per heavy atom. The van der Waals surface area contributed by atoms with Gasteiger partial charge in [-0.3, -0.25) is 0 Å². The van der Waals surface area contributed by atoms with Crippen molar-refractivity contribution in [1.29, 1.82) is 5.26 Å². The van der Waals surface area contributed by atoms with Crippen LogP contribution >= 0.6 is 0 Å². The van der Waals surface area contributed by atoms with Crippen LogP contribution in [0.4, 0.5) is 0 Å². The Kier molecular flexibility index (Phi) is 4.70. The van der Waals surface area contributed by atoms with E-state index in [9.17, 15) is 8.42 Å². The lowest BCUT2D eigenvalue weighted by Gasteiger charge is -2.29. The van der Waals surface area contributed by atoms with Crippen molar-refractivity contribution in [3.8, 4) is 6.07 Å². The lowest BCUT2D eigenvalue weighted by atomic mass is 9.99. The monoisotopic (exact) mass is 294 g/mol. The quantitative estimate of drug-likeness (QED) is 0.877. The predicted molar refractivity (Wildman–Crippen MR) is 74.4 cm³/mol. The van der Waals surface area contributed by atoms with Crippen LogP contribution in [0.1, 0.15) is 18.5 Å². The number of nitriles is 1. The van der Waals surface area contributed by atoms with Crippen molar-refractivity contribution in [2.45, 2.75) is 17.7 Å². The molecule has 0 spiro atoms. The van der Waals surface area contributed by atoms with Gasteiger partial charge < -0.3 is 4.90 Å². The highest BCUT2D eigenvalue weighted by Crippen LogP contribution is 2.15. The summed E-state index contributed by atoms with van der Waals surface area (Å²) in [6.45, 7) is 2.42. The van der Waals surface area contributed by atoms with Gasteiger partial charge in [0.05, 0.1) is 0 Å². The fourth-order valence-electron chi connectivity index (χ4n) is 2.36. The summed E-state index contributed by atoms with van der Waals surface area (Å²) in [6, 6.07) is 4.67. The van der Waals surface area contributed by atoms with Gasteiger partial charge in [0.1, 0.15) is 16.7 Å². The maximum atomic E-state index is 12.1. The van der Waals surface area contributed by atoms with E-state index in [0.29, 0.717) is 12.5 Å². The standard InChI is InChI=1S/C13H18N4O2S/c1-17-6-2-3-11(10-17)8-16-20(18,19)13-5-4-12(7-14)15-9-13/h4-5,9,11,16H,2-3,6,8,10H2,1H3. The van der Waals surface area contributed by atoms with Crippen LogP contribution in [-0.4, -0.2) is 45.0 Å². The van der Waals surface area contributed by atoms with E-state index in [1.165, 1.54) is 18.3 Å². The van der Waals surface area contributed by atoms with Gasteiger partial charge in [-0.15, -0.1) is 0 Å². The summed E-state index contributed by atoms with van der Waals surface area (Å²) in [5.74, 6) is 0.342. The molecule has 0 aliphatic carbocycles. The van der Waals surface area contributed by atoms with Gasteiger partial charge in [0.25, 0.3) is 0 Å². The van der Waals surface area contributed by atoms with Crippen molar-refractivity contribution in [1.82, 2.24) is 14.6 Å². The average molecular weight is 294 g/mol. The molecule has 1 aromatic rings. The Morgan fingerprint density at radius 3 is 2.95 bits per heavy atom. The largest absolute Gasteiger partial charge is 0.306 e. The van der Waals surface area contributed by atoms with Gasteiger partial charge in [-0.25, -0.2) is 18.1 Å². The Morgan fingerprint density at radius 2 is 2.35 bits per heavy atom. The highest BCUT2D eigenvalue weighted by Gasteiger charge is 2.21. The molecule has 6 nitrogen and oxygen atoms in total. The molecule has 0 amide bonds. The van der Waals surface area contributed by atoms with E-state index in [1.807, 2.05) is 13.1 Å². The first-order valence-electron chi connectivity index (χ1n) is 6.55. The smallest absolute Gasteiger partial charge is 0.242 e. The van der Waals surface area contributed by atoms with Gasteiger partial charge in [0, 0.05) is 19.3 Å². The van der Waals surface area contributed by atoms with Gasteiger partial charge in [-0.05, 0) is 44.5 Å². The number of hydrogen-bond acceptors (Lipinski definition) is 5.